The first kappa shape index (κ1) is 33.2. The Balaban J connectivity index is 1.45. The molecule has 45 heavy (non-hydrogen) atoms. The largest absolute Gasteiger partial charge is 0.446 e. The molecule has 0 spiro atoms. The molecule has 5 N–H and O–H groups in total. The Bertz CT molecular complexity index is 1490. The first-order valence-electron chi connectivity index (χ1n) is 14.9. The van der Waals surface area contributed by atoms with Crippen LogP contribution in [0.2, 0.25) is 0 Å². The van der Waals surface area contributed by atoms with Gasteiger partial charge in [-0.1, -0.05) is 31.1 Å². The van der Waals surface area contributed by atoms with E-state index in [1.54, 1.807) is 6.07 Å². The van der Waals surface area contributed by atoms with Crippen LogP contribution in [-0.4, -0.2) is 68.6 Å². The van der Waals surface area contributed by atoms with Crippen molar-refractivity contribution in [1.82, 2.24) is 36.4 Å². The normalized spacial score (nSPS) is 20.7. The summed E-state index contributed by atoms with van der Waals surface area (Å²) in [4.78, 5) is 60.6. The van der Waals surface area contributed by atoms with E-state index in [0.717, 1.165) is 0 Å². The molecule has 0 saturated carbocycles. The molecule has 4 amide bonds. The van der Waals surface area contributed by atoms with E-state index in [1.165, 1.54) is 31.4 Å². The third-order valence-electron chi connectivity index (χ3n) is 7.14. The number of aryl methyl sites for hydroxylation is 1. The molecule has 0 fully saturated rings. The Morgan fingerprint density at radius 3 is 2.62 bits per heavy atom. The fourth-order valence-corrected chi connectivity index (χ4v) is 4.80. The van der Waals surface area contributed by atoms with Gasteiger partial charge in [-0.15, -0.1) is 0 Å². The van der Waals surface area contributed by atoms with Gasteiger partial charge in [-0.2, -0.15) is 4.98 Å². The lowest BCUT2D eigenvalue weighted by molar-refractivity contribution is -0.134. The zero-order valence-electron chi connectivity index (χ0n) is 25.3. The molecule has 1 aromatic carbocycles. The van der Waals surface area contributed by atoms with E-state index in [4.69, 9.17) is 8.94 Å². The molecule has 4 atom stereocenters. The average molecular weight is 628 g/mol. The van der Waals surface area contributed by atoms with Gasteiger partial charge in [-0.3, -0.25) is 19.2 Å². The number of carbonyl (C=O) groups is 4. The van der Waals surface area contributed by atoms with Crippen LogP contribution in [0.25, 0.3) is 11.4 Å². The summed E-state index contributed by atoms with van der Waals surface area (Å²) in [7, 11) is 0. The number of aliphatic hydroxyl groups is 1. The molecule has 242 valence electrons. The molecule has 0 saturated heterocycles. The smallest absolute Gasteiger partial charge is 0.273 e. The van der Waals surface area contributed by atoms with Crippen molar-refractivity contribution in [3.63, 3.8) is 0 Å². The van der Waals surface area contributed by atoms with Gasteiger partial charge >= 0.3 is 0 Å². The summed E-state index contributed by atoms with van der Waals surface area (Å²) >= 11 is 0. The zero-order valence-corrected chi connectivity index (χ0v) is 25.3. The van der Waals surface area contributed by atoms with Gasteiger partial charge in [-0.05, 0) is 50.7 Å². The van der Waals surface area contributed by atoms with Crippen molar-refractivity contribution in [2.24, 2.45) is 5.92 Å². The van der Waals surface area contributed by atoms with E-state index in [9.17, 15) is 28.7 Å². The summed E-state index contributed by atoms with van der Waals surface area (Å²) in [5, 5.41) is 25.0. The van der Waals surface area contributed by atoms with Crippen LogP contribution in [-0.2, 0) is 20.8 Å². The summed E-state index contributed by atoms with van der Waals surface area (Å²) in [6, 6.07) is 2.81. The van der Waals surface area contributed by atoms with E-state index < -0.39 is 53.7 Å². The number of carbonyl (C=O) groups excluding carboxylic acids is 4. The van der Waals surface area contributed by atoms with Crippen molar-refractivity contribution < 1.29 is 37.6 Å². The topological polar surface area (TPSA) is 202 Å². The molecule has 4 rings (SSSR count). The number of hydrogen-bond acceptors (Lipinski definition) is 10. The Morgan fingerprint density at radius 2 is 1.89 bits per heavy atom. The van der Waals surface area contributed by atoms with Crippen LogP contribution in [0, 0.1) is 11.7 Å². The number of fused-ring (bicyclic) bond motifs is 2. The third kappa shape index (κ3) is 9.17. The summed E-state index contributed by atoms with van der Waals surface area (Å²) in [5.74, 6) is -2.44. The van der Waals surface area contributed by atoms with Gasteiger partial charge in [0, 0.05) is 19.4 Å². The maximum Gasteiger partial charge on any atom is 0.273 e. The molecule has 15 heteroatoms. The van der Waals surface area contributed by atoms with Crippen LogP contribution in [0.15, 0.2) is 39.5 Å². The molecular formula is C30H38FN7O7. The first-order valence-corrected chi connectivity index (χ1v) is 14.9. The lowest BCUT2D eigenvalue weighted by Gasteiger charge is -2.27. The Kier molecular flexibility index (Phi) is 11.4. The van der Waals surface area contributed by atoms with Crippen molar-refractivity contribution in [2.75, 3.05) is 6.54 Å². The zero-order chi connectivity index (χ0) is 32.5. The number of hydrogen-bond donors (Lipinski definition) is 5. The van der Waals surface area contributed by atoms with Crippen LogP contribution in [0.4, 0.5) is 4.39 Å². The number of benzene rings is 1. The van der Waals surface area contributed by atoms with Gasteiger partial charge in [0.25, 0.3) is 5.91 Å². The van der Waals surface area contributed by atoms with Crippen molar-refractivity contribution in [2.45, 2.75) is 83.5 Å². The van der Waals surface area contributed by atoms with E-state index in [0.29, 0.717) is 19.3 Å². The minimum absolute atomic E-state index is 0.0331. The molecular weight excluding hydrogens is 589 g/mol. The lowest BCUT2D eigenvalue weighted by Crippen LogP contribution is -2.57. The van der Waals surface area contributed by atoms with Crippen LogP contribution >= 0.6 is 0 Å². The number of aliphatic hydroxyl groups excluding tert-OH is 1. The van der Waals surface area contributed by atoms with Gasteiger partial charge in [-0.25, -0.2) is 9.37 Å². The number of halogens is 1. The number of nitrogens with one attached hydrogen (secondary N) is 4. The number of oxazole rings is 1. The van der Waals surface area contributed by atoms with Crippen LogP contribution in [0.1, 0.15) is 81.2 Å². The summed E-state index contributed by atoms with van der Waals surface area (Å²) < 4.78 is 24.8. The Labute approximate surface area is 258 Å². The minimum atomic E-state index is -1.35. The monoisotopic (exact) mass is 627 g/mol. The lowest BCUT2D eigenvalue weighted by atomic mass is 10.0. The standard InChI is InChI=1S/C30H38FN7O7/c1-16(2)14-21-30-35-22(15-44-30)27(41)32-13-7-6-10-20(28(42)37-25(17(3)39)29(43)34-21)33-23(40)11-12-24-36-26(38-45-24)18-8-4-5-9-19(18)31/h4-5,8-9,15-17,20-21,25,39H,6-7,10-14H2,1-3H3,(H,32,41)(H,33,40)(H,34,43)(H,37,42)/t17-,20+,21+,25+/m1/s1. The van der Waals surface area contributed by atoms with Gasteiger partial charge in [0.05, 0.1) is 11.7 Å². The second-order valence-electron chi connectivity index (χ2n) is 11.4. The highest BCUT2D eigenvalue weighted by Gasteiger charge is 2.33. The highest BCUT2D eigenvalue weighted by Crippen LogP contribution is 2.22. The second-order valence-corrected chi connectivity index (χ2v) is 11.4. The molecule has 1 aliphatic rings. The fourth-order valence-electron chi connectivity index (χ4n) is 4.80. The predicted octanol–water partition coefficient (Wildman–Crippen LogP) is 1.96. The molecule has 0 radical (unpaired) electrons. The highest BCUT2D eigenvalue weighted by molar-refractivity contribution is 5.93. The first-order chi connectivity index (χ1) is 21.5. The van der Waals surface area contributed by atoms with Crippen molar-refractivity contribution in [3.8, 4) is 11.4 Å². The van der Waals surface area contributed by atoms with E-state index in [1.807, 2.05) is 13.8 Å². The molecule has 2 bridgehead atoms. The van der Waals surface area contributed by atoms with Crippen molar-refractivity contribution in [3.05, 3.63) is 53.8 Å². The number of nitrogens with zero attached hydrogens (tertiary/aromatic N) is 3. The predicted molar refractivity (Wildman–Crippen MR) is 157 cm³/mol. The van der Waals surface area contributed by atoms with E-state index >= 15 is 0 Å². The van der Waals surface area contributed by atoms with Gasteiger partial charge in [0.1, 0.15) is 30.2 Å². The quantitative estimate of drug-likeness (QED) is 0.246. The van der Waals surface area contributed by atoms with Crippen LogP contribution < -0.4 is 21.3 Å². The molecule has 14 nitrogen and oxygen atoms in total. The summed E-state index contributed by atoms with van der Waals surface area (Å²) in [6.45, 7) is 5.52. The molecule has 0 unspecified atom stereocenters. The second kappa shape index (κ2) is 15.4. The van der Waals surface area contributed by atoms with Crippen LogP contribution in [0.5, 0.6) is 0 Å². The number of rotatable bonds is 8. The average Bonchev–Trinajstić information content (AvgIpc) is 3.67. The highest BCUT2D eigenvalue weighted by atomic mass is 19.1. The van der Waals surface area contributed by atoms with E-state index in [2.05, 4.69) is 36.4 Å². The van der Waals surface area contributed by atoms with Crippen molar-refractivity contribution in [1.29, 1.82) is 0 Å². The molecule has 2 aromatic heterocycles. The van der Waals surface area contributed by atoms with Crippen molar-refractivity contribution >= 4 is 23.6 Å². The Morgan fingerprint density at radius 1 is 1.11 bits per heavy atom. The maximum atomic E-state index is 14.1. The summed E-state index contributed by atoms with van der Waals surface area (Å²) in [6.07, 6.45) is 1.36. The molecule has 1 aliphatic heterocycles. The minimum Gasteiger partial charge on any atom is -0.446 e. The van der Waals surface area contributed by atoms with Gasteiger partial charge < -0.3 is 35.3 Å². The van der Waals surface area contributed by atoms with Gasteiger partial charge in [0.15, 0.2) is 5.69 Å². The van der Waals surface area contributed by atoms with E-state index in [-0.39, 0.29) is 60.6 Å². The number of aromatic nitrogens is 3. The molecule has 3 aromatic rings. The SMILES string of the molecule is CC(C)C[C@@H]1NC(=O)[C@H]([C@@H](C)O)NC(=O)[C@@H](NC(=O)CCc2nc(-c3ccccc3F)no2)CCCCNC(=O)c2coc1n2. The third-order valence-corrected chi connectivity index (χ3v) is 7.14. The fraction of sp³-hybridized carbons (Fsp3) is 0.500. The Hall–Kier alpha value is -4.66. The molecule has 0 aliphatic carbocycles. The number of amides is 4. The van der Waals surface area contributed by atoms with Gasteiger partial charge in [0.2, 0.25) is 35.3 Å². The van der Waals surface area contributed by atoms with Crippen LogP contribution in [0.3, 0.4) is 0 Å². The summed E-state index contributed by atoms with van der Waals surface area (Å²) in [5.41, 5.74) is 0.223. The maximum absolute atomic E-state index is 14.1. The molecule has 3 heterocycles.